The summed E-state index contributed by atoms with van der Waals surface area (Å²) >= 11 is 0. The molecular weight excluding hydrogens is 266 g/mol. The van der Waals surface area contributed by atoms with Gasteiger partial charge >= 0.3 is 6.09 Å². The van der Waals surface area contributed by atoms with Crippen LogP contribution >= 0.6 is 0 Å². The van der Waals surface area contributed by atoms with Crippen LogP contribution in [0.25, 0.3) is 0 Å². The Hall–Kier alpha value is -1.55. The van der Waals surface area contributed by atoms with Crippen molar-refractivity contribution in [3.8, 4) is 0 Å². The van der Waals surface area contributed by atoms with Crippen molar-refractivity contribution in [2.24, 2.45) is 5.92 Å². The van der Waals surface area contributed by atoms with Gasteiger partial charge in [0.15, 0.2) is 0 Å². The Morgan fingerprint density at radius 1 is 1.19 bits per heavy atom. The number of hydrogen-bond donors (Lipinski definition) is 0. The molecule has 0 aromatic heterocycles. The fourth-order valence-corrected chi connectivity index (χ4v) is 3.75. The number of ether oxygens (including phenoxy) is 2. The van der Waals surface area contributed by atoms with E-state index in [9.17, 15) is 4.79 Å². The molecule has 2 heterocycles. The Morgan fingerprint density at radius 2 is 1.86 bits per heavy atom. The lowest BCUT2D eigenvalue weighted by Crippen LogP contribution is -2.47. The lowest BCUT2D eigenvalue weighted by atomic mass is 9.92. The molecule has 2 unspecified atom stereocenters. The zero-order valence-electron chi connectivity index (χ0n) is 12.5. The molecule has 4 nitrogen and oxygen atoms in total. The number of carbonyl (C=O) groups excluding carboxylic acids is 1. The molecule has 21 heavy (non-hydrogen) atoms. The van der Waals surface area contributed by atoms with Crippen molar-refractivity contribution in [3.63, 3.8) is 0 Å². The highest BCUT2D eigenvalue weighted by atomic mass is 16.6. The largest absolute Gasteiger partial charge is 0.445 e. The average molecular weight is 289 g/mol. The molecule has 0 radical (unpaired) electrons. The molecule has 0 saturated carbocycles. The second kappa shape index (κ2) is 6.48. The van der Waals surface area contributed by atoms with Crippen molar-refractivity contribution >= 4 is 6.09 Å². The van der Waals surface area contributed by atoms with Gasteiger partial charge in [-0.25, -0.2) is 4.79 Å². The minimum atomic E-state index is -0.151. The minimum absolute atomic E-state index is 0.151. The number of methoxy groups -OCH3 is 1. The van der Waals surface area contributed by atoms with E-state index in [2.05, 4.69) is 0 Å². The van der Waals surface area contributed by atoms with Crippen LogP contribution in [0.1, 0.15) is 31.2 Å². The highest BCUT2D eigenvalue weighted by Gasteiger charge is 2.43. The SMILES string of the molecule is COCC1CC2CCC(C1)N2C(=O)OCc1ccccc1. The molecule has 2 aliphatic heterocycles. The monoisotopic (exact) mass is 289 g/mol. The summed E-state index contributed by atoms with van der Waals surface area (Å²) in [5.41, 5.74) is 1.03. The predicted octanol–water partition coefficient (Wildman–Crippen LogP) is 3.21. The molecule has 0 N–H and O–H groups in total. The van der Waals surface area contributed by atoms with Crippen LogP contribution < -0.4 is 0 Å². The van der Waals surface area contributed by atoms with Gasteiger partial charge in [0, 0.05) is 25.8 Å². The van der Waals surface area contributed by atoms with E-state index in [-0.39, 0.29) is 6.09 Å². The van der Waals surface area contributed by atoms with Crippen LogP contribution in [0.15, 0.2) is 30.3 Å². The van der Waals surface area contributed by atoms with Gasteiger partial charge < -0.3 is 14.4 Å². The highest BCUT2D eigenvalue weighted by molar-refractivity contribution is 5.69. The van der Waals surface area contributed by atoms with Crippen LogP contribution in [0, 0.1) is 5.92 Å². The van der Waals surface area contributed by atoms with Crippen molar-refractivity contribution in [1.82, 2.24) is 4.90 Å². The van der Waals surface area contributed by atoms with Crippen LogP contribution in [0.4, 0.5) is 4.79 Å². The van der Waals surface area contributed by atoms with Crippen LogP contribution in [-0.4, -0.2) is 36.8 Å². The standard InChI is InChI=1S/C17H23NO3/c1-20-11-14-9-15-7-8-16(10-14)18(15)17(19)21-12-13-5-3-2-4-6-13/h2-6,14-16H,7-12H2,1H3. The van der Waals surface area contributed by atoms with Crippen LogP contribution in [0.5, 0.6) is 0 Å². The highest BCUT2D eigenvalue weighted by Crippen LogP contribution is 2.39. The molecule has 2 atom stereocenters. The Labute approximate surface area is 126 Å². The van der Waals surface area contributed by atoms with Gasteiger partial charge in [0.2, 0.25) is 0 Å². The van der Waals surface area contributed by atoms with E-state index in [1.54, 1.807) is 7.11 Å². The van der Waals surface area contributed by atoms with Gasteiger partial charge in [-0.1, -0.05) is 30.3 Å². The fourth-order valence-electron chi connectivity index (χ4n) is 3.75. The molecular formula is C17H23NO3. The first kappa shape index (κ1) is 14.4. The second-order valence-corrected chi connectivity index (χ2v) is 6.13. The van der Waals surface area contributed by atoms with Gasteiger partial charge in [0.25, 0.3) is 0 Å². The number of amides is 1. The minimum Gasteiger partial charge on any atom is -0.445 e. The summed E-state index contributed by atoms with van der Waals surface area (Å²) < 4.78 is 10.8. The maximum atomic E-state index is 12.4. The zero-order chi connectivity index (χ0) is 14.7. The molecule has 114 valence electrons. The van der Waals surface area contributed by atoms with Crippen LogP contribution in [-0.2, 0) is 16.1 Å². The Kier molecular flexibility index (Phi) is 4.44. The van der Waals surface area contributed by atoms with Gasteiger partial charge in [-0.05, 0) is 37.2 Å². The van der Waals surface area contributed by atoms with Crippen molar-refractivity contribution in [2.45, 2.75) is 44.4 Å². The molecule has 4 heteroatoms. The van der Waals surface area contributed by atoms with E-state index in [1.807, 2.05) is 35.2 Å². The number of piperidine rings is 1. The second-order valence-electron chi connectivity index (χ2n) is 6.13. The van der Waals surface area contributed by atoms with E-state index in [0.29, 0.717) is 24.6 Å². The summed E-state index contributed by atoms with van der Waals surface area (Å²) in [4.78, 5) is 14.4. The molecule has 2 fully saturated rings. The van der Waals surface area contributed by atoms with Gasteiger partial charge in [-0.2, -0.15) is 0 Å². The first-order chi connectivity index (χ1) is 10.3. The summed E-state index contributed by atoms with van der Waals surface area (Å²) in [5, 5.41) is 0. The molecule has 1 amide bonds. The Balaban J connectivity index is 1.56. The topological polar surface area (TPSA) is 38.8 Å². The lowest BCUT2D eigenvalue weighted by molar-refractivity contribution is 0.0359. The number of rotatable bonds is 4. The Bertz CT molecular complexity index is 462. The molecule has 3 rings (SSSR count). The summed E-state index contributed by atoms with van der Waals surface area (Å²) in [7, 11) is 1.75. The van der Waals surface area contributed by atoms with Gasteiger partial charge in [-0.3, -0.25) is 0 Å². The summed E-state index contributed by atoms with van der Waals surface area (Å²) in [6.45, 7) is 1.16. The van der Waals surface area contributed by atoms with Crippen LogP contribution in [0.3, 0.4) is 0 Å². The predicted molar refractivity (Wildman–Crippen MR) is 79.9 cm³/mol. The fraction of sp³-hybridized carbons (Fsp3) is 0.588. The maximum absolute atomic E-state index is 12.4. The summed E-state index contributed by atoms with van der Waals surface area (Å²) in [6.07, 6.45) is 4.15. The lowest BCUT2D eigenvalue weighted by Gasteiger charge is -2.37. The average Bonchev–Trinajstić information content (AvgIpc) is 2.78. The normalized spacial score (nSPS) is 27.7. The number of fused-ring (bicyclic) bond motifs is 2. The van der Waals surface area contributed by atoms with E-state index >= 15 is 0 Å². The van der Waals surface area contributed by atoms with E-state index in [1.165, 1.54) is 0 Å². The van der Waals surface area contributed by atoms with Gasteiger partial charge in [0.1, 0.15) is 6.61 Å². The number of nitrogens with zero attached hydrogens (tertiary/aromatic N) is 1. The molecule has 0 aliphatic carbocycles. The number of benzene rings is 1. The van der Waals surface area contributed by atoms with Gasteiger partial charge in [-0.15, -0.1) is 0 Å². The molecule has 2 saturated heterocycles. The third-order valence-electron chi connectivity index (χ3n) is 4.65. The molecule has 2 aliphatic rings. The van der Waals surface area contributed by atoms with Gasteiger partial charge in [0.05, 0.1) is 0 Å². The van der Waals surface area contributed by atoms with Crippen molar-refractivity contribution in [1.29, 1.82) is 0 Å². The summed E-state index contributed by atoms with van der Waals surface area (Å²) in [6, 6.07) is 10.5. The van der Waals surface area contributed by atoms with Crippen molar-refractivity contribution < 1.29 is 14.3 Å². The Morgan fingerprint density at radius 3 is 2.48 bits per heavy atom. The first-order valence-corrected chi connectivity index (χ1v) is 7.76. The van der Waals surface area contributed by atoms with Crippen LogP contribution in [0.2, 0.25) is 0 Å². The first-order valence-electron chi connectivity index (χ1n) is 7.76. The van der Waals surface area contributed by atoms with E-state index < -0.39 is 0 Å². The third-order valence-corrected chi connectivity index (χ3v) is 4.65. The summed E-state index contributed by atoms with van der Waals surface area (Å²) in [5.74, 6) is 0.589. The molecule has 1 aromatic rings. The zero-order valence-corrected chi connectivity index (χ0v) is 12.5. The molecule has 1 aromatic carbocycles. The molecule has 2 bridgehead atoms. The quantitative estimate of drug-likeness (QED) is 0.854. The smallest absolute Gasteiger partial charge is 0.410 e. The molecule has 0 spiro atoms. The number of carbonyl (C=O) groups is 1. The number of hydrogen-bond acceptors (Lipinski definition) is 3. The van der Waals surface area contributed by atoms with Crippen molar-refractivity contribution in [2.75, 3.05) is 13.7 Å². The third kappa shape index (κ3) is 3.21. The van der Waals surface area contributed by atoms with Crippen molar-refractivity contribution in [3.05, 3.63) is 35.9 Å². The van der Waals surface area contributed by atoms with E-state index in [0.717, 1.165) is 37.9 Å². The van der Waals surface area contributed by atoms with E-state index in [4.69, 9.17) is 9.47 Å². The maximum Gasteiger partial charge on any atom is 0.410 e.